The lowest BCUT2D eigenvalue weighted by molar-refractivity contribution is 0.197. The maximum Gasteiger partial charge on any atom is 0.416 e. The molecule has 0 aliphatic heterocycles. The number of hydrogen-bond acceptors (Lipinski definition) is 5. The van der Waals surface area contributed by atoms with E-state index in [1.807, 2.05) is 31.3 Å². The standard InChI is InChI=1S/C12H14N2O3.C11H14N2O/c1-3-9-11(13)8-6-7(17-2)4-5-10(8)14(9)12(15)16;1-14-9-2-3-11-10(6-9)8(4-5-12)7-13-11/h4-6H,3,13H2,1-2H3,(H,15,16);2-3,6-7,13H,4-5,12H2,1H3. The number of H-pyrrole nitrogens is 1. The van der Waals surface area contributed by atoms with Crippen LogP contribution < -0.4 is 20.9 Å². The molecule has 6 N–H and O–H groups in total. The fourth-order valence-electron chi connectivity index (χ4n) is 3.69. The molecule has 2 aromatic carbocycles. The summed E-state index contributed by atoms with van der Waals surface area (Å²) in [5.41, 5.74) is 15.6. The first-order chi connectivity index (χ1) is 14.9. The lowest BCUT2D eigenvalue weighted by atomic mass is 10.1. The summed E-state index contributed by atoms with van der Waals surface area (Å²) in [6.45, 7) is 2.55. The van der Waals surface area contributed by atoms with Gasteiger partial charge in [0, 0.05) is 22.5 Å². The molecule has 4 rings (SSSR count). The number of nitrogens with zero attached hydrogens (tertiary/aromatic N) is 1. The van der Waals surface area contributed by atoms with Crippen LogP contribution in [-0.4, -0.2) is 41.5 Å². The molecule has 2 aromatic heterocycles. The molecule has 0 aliphatic carbocycles. The van der Waals surface area contributed by atoms with Gasteiger partial charge >= 0.3 is 6.09 Å². The fourth-order valence-corrected chi connectivity index (χ4v) is 3.69. The zero-order valence-corrected chi connectivity index (χ0v) is 17.9. The molecule has 0 amide bonds. The summed E-state index contributed by atoms with van der Waals surface area (Å²) in [6, 6.07) is 11.2. The van der Waals surface area contributed by atoms with Crippen molar-refractivity contribution >= 4 is 33.6 Å². The summed E-state index contributed by atoms with van der Waals surface area (Å²) in [7, 11) is 3.24. The smallest absolute Gasteiger partial charge is 0.416 e. The Hall–Kier alpha value is -3.65. The Morgan fingerprint density at radius 1 is 1.10 bits per heavy atom. The zero-order chi connectivity index (χ0) is 22.5. The minimum absolute atomic E-state index is 0.504. The summed E-state index contributed by atoms with van der Waals surface area (Å²) in [5, 5.41) is 11.1. The minimum atomic E-state index is -1.02. The van der Waals surface area contributed by atoms with E-state index in [9.17, 15) is 9.90 Å². The molecule has 0 saturated carbocycles. The highest BCUT2D eigenvalue weighted by atomic mass is 16.5. The average Bonchev–Trinajstić information content (AvgIpc) is 3.31. The molecule has 4 aromatic rings. The monoisotopic (exact) mass is 424 g/mol. The van der Waals surface area contributed by atoms with Crippen molar-refractivity contribution in [1.29, 1.82) is 0 Å². The van der Waals surface area contributed by atoms with Gasteiger partial charge in [-0.05, 0) is 61.3 Å². The van der Waals surface area contributed by atoms with Crippen LogP contribution in [0.2, 0.25) is 0 Å². The molecule has 0 atom stereocenters. The molecule has 0 saturated heterocycles. The number of nitrogens with one attached hydrogen (secondary N) is 1. The van der Waals surface area contributed by atoms with E-state index in [0.717, 1.165) is 17.7 Å². The van der Waals surface area contributed by atoms with E-state index in [0.29, 0.717) is 41.0 Å². The largest absolute Gasteiger partial charge is 0.497 e. The molecule has 164 valence electrons. The van der Waals surface area contributed by atoms with E-state index < -0.39 is 6.09 Å². The maximum absolute atomic E-state index is 11.2. The number of nitrogens with two attached hydrogens (primary N) is 2. The first-order valence-electron chi connectivity index (χ1n) is 9.99. The molecule has 0 radical (unpaired) electrons. The molecule has 0 aliphatic rings. The van der Waals surface area contributed by atoms with E-state index in [-0.39, 0.29) is 0 Å². The Morgan fingerprint density at radius 3 is 2.32 bits per heavy atom. The second-order valence-corrected chi connectivity index (χ2v) is 6.98. The number of ether oxygens (including phenoxy) is 2. The second kappa shape index (κ2) is 9.44. The van der Waals surface area contributed by atoms with Crippen molar-refractivity contribution < 1.29 is 19.4 Å². The molecule has 0 bridgehead atoms. The predicted octanol–water partition coefficient (Wildman–Crippen LogP) is 4.00. The number of fused-ring (bicyclic) bond motifs is 2. The van der Waals surface area contributed by atoms with Crippen molar-refractivity contribution in [3.8, 4) is 11.5 Å². The Labute approximate surface area is 180 Å². The van der Waals surface area contributed by atoms with Crippen LogP contribution in [-0.2, 0) is 12.8 Å². The highest BCUT2D eigenvalue weighted by molar-refractivity contribution is 6.00. The number of benzene rings is 2. The highest BCUT2D eigenvalue weighted by Gasteiger charge is 2.18. The van der Waals surface area contributed by atoms with Crippen molar-refractivity contribution in [1.82, 2.24) is 9.55 Å². The molecular formula is C23H28N4O4. The molecule has 8 nitrogen and oxygen atoms in total. The molecule has 2 heterocycles. The SMILES string of the molecule is CCc1c(N)c2cc(OC)ccc2n1C(=O)O.COc1ccc2[nH]cc(CCN)c2c1. The lowest BCUT2D eigenvalue weighted by Crippen LogP contribution is -2.11. The molecule has 0 spiro atoms. The quantitative estimate of drug-likeness (QED) is 0.383. The Kier molecular flexibility index (Phi) is 6.71. The Balaban J connectivity index is 0.000000179. The number of hydrogen-bond donors (Lipinski definition) is 4. The van der Waals surface area contributed by atoms with E-state index >= 15 is 0 Å². The van der Waals surface area contributed by atoms with Crippen LogP contribution >= 0.6 is 0 Å². The van der Waals surface area contributed by atoms with Gasteiger partial charge < -0.3 is 31.0 Å². The van der Waals surface area contributed by atoms with Crippen LogP contribution in [0.4, 0.5) is 10.5 Å². The number of aromatic amines is 1. The molecule has 0 unspecified atom stereocenters. The van der Waals surface area contributed by atoms with Crippen molar-refractivity contribution in [3.05, 3.63) is 53.9 Å². The summed E-state index contributed by atoms with van der Waals surface area (Å²) in [5.74, 6) is 1.55. The highest BCUT2D eigenvalue weighted by Crippen LogP contribution is 2.31. The zero-order valence-electron chi connectivity index (χ0n) is 17.9. The number of rotatable bonds is 5. The van der Waals surface area contributed by atoms with Crippen LogP contribution in [0.5, 0.6) is 11.5 Å². The summed E-state index contributed by atoms with van der Waals surface area (Å²) < 4.78 is 11.5. The molecule has 8 heteroatoms. The van der Waals surface area contributed by atoms with Gasteiger partial charge in [-0.2, -0.15) is 0 Å². The Morgan fingerprint density at radius 2 is 1.74 bits per heavy atom. The third-order valence-electron chi connectivity index (χ3n) is 5.23. The summed E-state index contributed by atoms with van der Waals surface area (Å²) >= 11 is 0. The van der Waals surface area contributed by atoms with Crippen molar-refractivity contribution in [2.75, 3.05) is 26.5 Å². The summed E-state index contributed by atoms with van der Waals surface area (Å²) in [4.78, 5) is 14.5. The third-order valence-corrected chi connectivity index (χ3v) is 5.23. The average molecular weight is 425 g/mol. The Bertz CT molecular complexity index is 1210. The van der Waals surface area contributed by atoms with Crippen molar-refractivity contribution in [2.45, 2.75) is 19.8 Å². The molecular weight excluding hydrogens is 396 g/mol. The minimum Gasteiger partial charge on any atom is -0.497 e. The van der Waals surface area contributed by atoms with E-state index in [4.69, 9.17) is 20.9 Å². The fraction of sp³-hybridized carbons (Fsp3) is 0.261. The maximum atomic E-state index is 11.2. The summed E-state index contributed by atoms with van der Waals surface area (Å²) in [6.07, 6.45) is 2.45. The van der Waals surface area contributed by atoms with Gasteiger partial charge in [-0.3, -0.25) is 0 Å². The van der Waals surface area contributed by atoms with Crippen LogP contribution in [0.3, 0.4) is 0 Å². The number of nitrogen functional groups attached to an aromatic ring is 1. The number of anilines is 1. The van der Waals surface area contributed by atoms with Gasteiger partial charge in [-0.15, -0.1) is 0 Å². The van der Waals surface area contributed by atoms with Gasteiger partial charge in [0.05, 0.1) is 31.1 Å². The first-order valence-corrected chi connectivity index (χ1v) is 9.99. The number of methoxy groups -OCH3 is 2. The normalized spacial score (nSPS) is 10.7. The predicted molar refractivity (Wildman–Crippen MR) is 123 cm³/mol. The number of carbonyl (C=O) groups is 1. The first kappa shape index (κ1) is 22.0. The van der Waals surface area contributed by atoms with Gasteiger partial charge in [0.1, 0.15) is 11.5 Å². The topological polar surface area (TPSA) is 129 Å². The van der Waals surface area contributed by atoms with Gasteiger partial charge in [-0.25, -0.2) is 9.36 Å². The van der Waals surface area contributed by atoms with Gasteiger partial charge in [-0.1, -0.05) is 6.92 Å². The van der Waals surface area contributed by atoms with Crippen LogP contribution in [0.1, 0.15) is 18.2 Å². The van der Waals surface area contributed by atoms with Crippen LogP contribution in [0, 0.1) is 0 Å². The number of carboxylic acid groups (broad SMARTS) is 1. The van der Waals surface area contributed by atoms with Crippen molar-refractivity contribution in [3.63, 3.8) is 0 Å². The number of aromatic nitrogens is 2. The van der Waals surface area contributed by atoms with Gasteiger partial charge in [0.25, 0.3) is 0 Å². The van der Waals surface area contributed by atoms with Gasteiger partial charge in [0.2, 0.25) is 0 Å². The second-order valence-electron chi connectivity index (χ2n) is 6.98. The molecule has 31 heavy (non-hydrogen) atoms. The van der Waals surface area contributed by atoms with E-state index in [1.165, 1.54) is 15.5 Å². The van der Waals surface area contributed by atoms with Gasteiger partial charge in [0.15, 0.2) is 0 Å². The van der Waals surface area contributed by atoms with Crippen LogP contribution in [0.25, 0.3) is 21.8 Å². The van der Waals surface area contributed by atoms with E-state index in [1.54, 1.807) is 32.4 Å². The third kappa shape index (κ3) is 4.29. The molecule has 0 fully saturated rings. The van der Waals surface area contributed by atoms with Crippen molar-refractivity contribution in [2.24, 2.45) is 5.73 Å². The van der Waals surface area contributed by atoms with E-state index in [2.05, 4.69) is 4.98 Å². The van der Waals surface area contributed by atoms with Crippen LogP contribution in [0.15, 0.2) is 42.6 Å². The lowest BCUT2D eigenvalue weighted by Gasteiger charge is -2.03.